The van der Waals surface area contributed by atoms with E-state index in [1.54, 1.807) is 29.6 Å². The maximum Gasteiger partial charge on any atom is 0.244 e. The molecule has 0 aliphatic carbocycles. The number of hydrogen-bond acceptors (Lipinski definition) is 5. The lowest BCUT2D eigenvalue weighted by atomic mass is 9.99. The van der Waals surface area contributed by atoms with Crippen molar-refractivity contribution in [2.24, 2.45) is 5.92 Å². The second kappa shape index (κ2) is 7.25. The summed E-state index contributed by atoms with van der Waals surface area (Å²) in [5, 5.41) is 0. The minimum Gasteiger partial charge on any atom is -0.381 e. The van der Waals surface area contributed by atoms with E-state index in [4.69, 9.17) is 4.74 Å². The molecule has 0 spiro atoms. The van der Waals surface area contributed by atoms with E-state index in [2.05, 4.69) is 9.88 Å². The highest BCUT2D eigenvalue weighted by molar-refractivity contribution is 7.89. The van der Waals surface area contributed by atoms with Crippen molar-refractivity contribution in [3.8, 4) is 0 Å². The Hall–Kier alpha value is -1.02. The second-order valence-electron chi connectivity index (χ2n) is 6.35. The molecule has 1 aromatic heterocycles. The molecule has 2 fully saturated rings. The van der Waals surface area contributed by atoms with Gasteiger partial charge in [0.2, 0.25) is 10.0 Å². The predicted octanol–water partition coefficient (Wildman–Crippen LogP) is 1.12. The van der Waals surface area contributed by atoms with Crippen molar-refractivity contribution < 1.29 is 13.2 Å². The fourth-order valence-electron chi connectivity index (χ4n) is 3.33. The Morgan fingerprint density at radius 3 is 2.57 bits per heavy atom. The van der Waals surface area contributed by atoms with Crippen LogP contribution >= 0.6 is 0 Å². The number of nitrogens with zero attached hydrogens (tertiary/aromatic N) is 3. The van der Waals surface area contributed by atoms with E-state index in [-0.39, 0.29) is 0 Å². The van der Waals surface area contributed by atoms with Gasteiger partial charge in [-0.25, -0.2) is 8.42 Å². The SMILES string of the molecule is Cc1ncccc1S(=O)(=O)N1CCN(CC2CCOCC2)CC1. The van der Waals surface area contributed by atoms with Gasteiger partial charge in [0, 0.05) is 52.1 Å². The molecule has 2 saturated heterocycles. The molecule has 7 heteroatoms. The van der Waals surface area contributed by atoms with Crippen LogP contribution in [0.1, 0.15) is 18.5 Å². The lowest BCUT2D eigenvalue weighted by molar-refractivity contribution is 0.0477. The smallest absolute Gasteiger partial charge is 0.244 e. The molecular formula is C16H25N3O3S. The van der Waals surface area contributed by atoms with E-state index in [9.17, 15) is 8.42 Å². The topological polar surface area (TPSA) is 62.7 Å². The third-order valence-electron chi connectivity index (χ3n) is 4.76. The molecule has 2 aliphatic rings. The van der Waals surface area contributed by atoms with Crippen LogP contribution in [0.2, 0.25) is 0 Å². The quantitative estimate of drug-likeness (QED) is 0.823. The molecule has 0 unspecified atom stereocenters. The normalized spacial score (nSPS) is 22.3. The fourth-order valence-corrected chi connectivity index (χ4v) is 4.93. The molecule has 0 saturated carbocycles. The Bertz CT molecular complexity index is 621. The van der Waals surface area contributed by atoms with Crippen LogP contribution in [0.15, 0.2) is 23.2 Å². The minimum atomic E-state index is -3.43. The molecule has 3 heterocycles. The van der Waals surface area contributed by atoms with Gasteiger partial charge in [0.1, 0.15) is 4.90 Å². The number of pyridine rings is 1. The summed E-state index contributed by atoms with van der Waals surface area (Å²) in [6, 6.07) is 3.33. The number of sulfonamides is 1. The number of aromatic nitrogens is 1. The maximum atomic E-state index is 12.8. The van der Waals surface area contributed by atoms with Crippen LogP contribution in [0.5, 0.6) is 0 Å². The molecule has 0 bridgehead atoms. The van der Waals surface area contributed by atoms with Crippen LogP contribution in [0.3, 0.4) is 0 Å². The number of ether oxygens (including phenoxy) is 1. The summed E-state index contributed by atoms with van der Waals surface area (Å²) in [7, 11) is -3.43. The summed E-state index contributed by atoms with van der Waals surface area (Å²) in [5.41, 5.74) is 0.567. The first kappa shape index (κ1) is 16.8. The molecule has 3 rings (SSSR count). The summed E-state index contributed by atoms with van der Waals surface area (Å²) >= 11 is 0. The van der Waals surface area contributed by atoms with Gasteiger partial charge in [-0.3, -0.25) is 4.98 Å². The number of hydrogen-bond donors (Lipinski definition) is 0. The first-order valence-electron chi connectivity index (χ1n) is 8.29. The largest absolute Gasteiger partial charge is 0.381 e. The zero-order chi connectivity index (χ0) is 16.3. The zero-order valence-corrected chi connectivity index (χ0v) is 14.5. The van der Waals surface area contributed by atoms with Crippen molar-refractivity contribution in [1.82, 2.24) is 14.2 Å². The summed E-state index contributed by atoms with van der Waals surface area (Å²) in [5.74, 6) is 0.687. The average Bonchev–Trinajstić information content (AvgIpc) is 2.56. The lowest BCUT2D eigenvalue weighted by Crippen LogP contribution is -2.50. The first-order chi connectivity index (χ1) is 11.1. The van der Waals surface area contributed by atoms with Gasteiger partial charge in [0.15, 0.2) is 0 Å². The van der Waals surface area contributed by atoms with E-state index in [0.717, 1.165) is 45.7 Å². The predicted molar refractivity (Wildman–Crippen MR) is 87.7 cm³/mol. The maximum absolute atomic E-state index is 12.8. The van der Waals surface area contributed by atoms with Gasteiger partial charge in [-0.15, -0.1) is 0 Å². The van der Waals surface area contributed by atoms with Gasteiger partial charge in [0.05, 0.1) is 5.69 Å². The summed E-state index contributed by atoms with van der Waals surface area (Å²) < 4.78 is 32.5. The van der Waals surface area contributed by atoms with Crippen molar-refractivity contribution in [2.75, 3.05) is 45.9 Å². The fraction of sp³-hybridized carbons (Fsp3) is 0.688. The van der Waals surface area contributed by atoms with Gasteiger partial charge < -0.3 is 9.64 Å². The number of rotatable bonds is 4. The lowest BCUT2D eigenvalue weighted by Gasteiger charge is -2.36. The molecule has 2 aliphatic heterocycles. The molecule has 0 amide bonds. The van der Waals surface area contributed by atoms with E-state index in [1.165, 1.54) is 0 Å². The zero-order valence-electron chi connectivity index (χ0n) is 13.6. The van der Waals surface area contributed by atoms with Crippen molar-refractivity contribution >= 4 is 10.0 Å². The van der Waals surface area contributed by atoms with E-state index in [0.29, 0.717) is 29.6 Å². The Labute approximate surface area is 138 Å². The van der Waals surface area contributed by atoms with Gasteiger partial charge in [-0.2, -0.15) is 4.31 Å². The van der Waals surface area contributed by atoms with Crippen LogP contribution in [0.25, 0.3) is 0 Å². The van der Waals surface area contributed by atoms with Crippen molar-refractivity contribution in [2.45, 2.75) is 24.7 Å². The molecule has 23 heavy (non-hydrogen) atoms. The van der Waals surface area contributed by atoms with Gasteiger partial charge in [0.25, 0.3) is 0 Å². The molecule has 1 aromatic rings. The summed E-state index contributed by atoms with van der Waals surface area (Å²) in [4.78, 5) is 6.82. The van der Waals surface area contributed by atoms with Crippen LogP contribution in [-0.4, -0.2) is 68.5 Å². The first-order valence-corrected chi connectivity index (χ1v) is 9.73. The average molecular weight is 339 g/mol. The van der Waals surface area contributed by atoms with E-state index >= 15 is 0 Å². The highest BCUT2D eigenvalue weighted by Gasteiger charge is 2.30. The highest BCUT2D eigenvalue weighted by atomic mass is 32.2. The van der Waals surface area contributed by atoms with Gasteiger partial charge in [-0.05, 0) is 37.8 Å². The monoisotopic (exact) mass is 339 g/mol. The molecule has 0 N–H and O–H groups in total. The van der Waals surface area contributed by atoms with E-state index in [1.807, 2.05) is 0 Å². The Morgan fingerprint density at radius 1 is 1.22 bits per heavy atom. The van der Waals surface area contributed by atoms with Crippen LogP contribution < -0.4 is 0 Å². The Morgan fingerprint density at radius 2 is 1.91 bits per heavy atom. The van der Waals surface area contributed by atoms with Crippen molar-refractivity contribution in [1.29, 1.82) is 0 Å². The standard InChI is InChI=1S/C16H25N3O3S/c1-14-16(3-2-6-17-14)23(20,21)19-9-7-18(8-10-19)13-15-4-11-22-12-5-15/h2-3,6,15H,4-5,7-13H2,1H3. The van der Waals surface area contributed by atoms with Crippen molar-refractivity contribution in [3.63, 3.8) is 0 Å². The van der Waals surface area contributed by atoms with Crippen molar-refractivity contribution in [3.05, 3.63) is 24.0 Å². The number of aryl methyl sites for hydroxylation is 1. The third kappa shape index (κ3) is 3.91. The molecule has 6 nitrogen and oxygen atoms in total. The van der Waals surface area contributed by atoms with Crippen LogP contribution in [0.4, 0.5) is 0 Å². The van der Waals surface area contributed by atoms with Crippen LogP contribution in [-0.2, 0) is 14.8 Å². The molecule has 0 radical (unpaired) electrons. The molecule has 0 atom stereocenters. The molecular weight excluding hydrogens is 314 g/mol. The Kier molecular flexibility index (Phi) is 5.31. The van der Waals surface area contributed by atoms with Crippen LogP contribution in [0, 0.1) is 12.8 Å². The Balaban J connectivity index is 1.59. The van der Waals surface area contributed by atoms with Gasteiger partial charge in [-0.1, -0.05) is 0 Å². The summed E-state index contributed by atoms with van der Waals surface area (Å²) in [6.45, 7) is 7.24. The third-order valence-corrected chi connectivity index (χ3v) is 6.80. The van der Waals surface area contributed by atoms with Gasteiger partial charge >= 0.3 is 0 Å². The second-order valence-corrected chi connectivity index (χ2v) is 8.25. The molecule has 128 valence electrons. The number of piperazine rings is 1. The minimum absolute atomic E-state index is 0.331. The highest BCUT2D eigenvalue weighted by Crippen LogP contribution is 2.21. The summed E-state index contributed by atoms with van der Waals surface area (Å²) in [6.07, 6.45) is 3.86. The van der Waals surface area contributed by atoms with E-state index < -0.39 is 10.0 Å². The molecule has 0 aromatic carbocycles.